The smallest absolute Gasteiger partial charge is 0.159 e. The fourth-order valence-corrected chi connectivity index (χ4v) is 1.61. The van der Waals surface area contributed by atoms with Crippen molar-refractivity contribution in [2.24, 2.45) is 0 Å². The van der Waals surface area contributed by atoms with Crippen LogP contribution in [0.3, 0.4) is 0 Å². The number of hydrogen-bond donors (Lipinski definition) is 0. The molecule has 15 heavy (non-hydrogen) atoms. The second kappa shape index (κ2) is 4.39. The molecule has 2 heteroatoms. The highest BCUT2D eigenvalue weighted by Crippen LogP contribution is 2.19. The van der Waals surface area contributed by atoms with E-state index in [-0.39, 0.29) is 0 Å². The van der Waals surface area contributed by atoms with Crippen LogP contribution in [0.15, 0.2) is 30.5 Å². The molecule has 0 bridgehead atoms. The van der Waals surface area contributed by atoms with Gasteiger partial charge in [-0.15, -0.1) is 0 Å². The number of nitrogens with zero attached hydrogens (tertiary/aromatic N) is 2. The van der Waals surface area contributed by atoms with Crippen molar-refractivity contribution in [1.82, 2.24) is 9.97 Å². The van der Waals surface area contributed by atoms with Gasteiger partial charge in [-0.25, -0.2) is 9.97 Å². The van der Waals surface area contributed by atoms with Crippen molar-refractivity contribution in [2.45, 2.75) is 32.6 Å². The highest BCUT2D eigenvalue weighted by molar-refractivity contribution is 5.70. The second-order valence-corrected chi connectivity index (χ2v) is 4.10. The van der Waals surface area contributed by atoms with Gasteiger partial charge in [0.25, 0.3) is 0 Å². The molecule has 0 aliphatic heterocycles. The van der Waals surface area contributed by atoms with E-state index in [0.29, 0.717) is 5.92 Å². The van der Waals surface area contributed by atoms with E-state index in [0.717, 1.165) is 29.9 Å². The molecular weight excluding hydrogens is 184 g/mol. The Morgan fingerprint density at radius 2 is 2.13 bits per heavy atom. The first-order valence-electron chi connectivity index (χ1n) is 5.47. The Hall–Kier alpha value is -1.44. The lowest BCUT2D eigenvalue weighted by Gasteiger charge is -2.08. The Labute approximate surface area is 90.8 Å². The Balaban J connectivity index is 2.32. The SMILES string of the molecule is CC(C)c1ccnc(C2=CCCC=C2)n1. The van der Waals surface area contributed by atoms with Gasteiger partial charge >= 0.3 is 0 Å². The van der Waals surface area contributed by atoms with E-state index in [1.165, 1.54) is 0 Å². The molecule has 1 aromatic rings. The average molecular weight is 200 g/mol. The van der Waals surface area contributed by atoms with Crippen LogP contribution in [0, 0.1) is 0 Å². The van der Waals surface area contributed by atoms with E-state index in [4.69, 9.17) is 0 Å². The zero-order valence-electron chi connectivity index (χ0n) is 9.27. The topological polar surface area (TPSA) is 25.8 Å². The lowest BCUT2D eigenvalue weighted by molar-refractivity contribution is 0.809. The van der Waals surface area contributed by atoms with Gasteiger partial charge in [0.1, 0.15) is 0 Å². The summed E-state index contributed by atoms with van der Waals surface area (Å²) in [6, 6.07) is 1.99. The molecule has 1 aliphatic carbocycles. The molecule has 0 amide bonds. The van der Waals surface area contributed by atoms with Crippen LogP contribution in [-0.2, 0) is 0 Å². The van der Waals surface area contributed by atoms with Crippen LogP contribution in [-0.4, -0.2) is 9.97 Å². The Morgan fingerprint density at radius 3 is 2.80 bits per heavy atom. The summed E-state index contributed by atoms with van der Waals surface area (Å²) in [4.78, 5) is 8.88. The minimum absolute atomic E-state index is 0.458. The Bertz CT molecular complexity index is 403. The molecule has 0 aromatic carbocycles. The maximum atomic E-state index is 4.57. The highest BCUT2D eigenvalue weighted by atomic mass is 14.9. The minimum Gasteiger partial charge on any atom is -0.237 e. The van der Waals surface area contributed by atoms with Crippen molar-refractivity contribution in [1.29, 1.82) is 0 Å². The zero-order chi connectivity index (χ0) is 10.7. The lowest BCUT2D eigenvalue weighted by atomic mass is 10.1. The maximum absolute atomic E-state index is 4.57. The van der Waals surface area contributed by atoms with Crippen molar-refractivity contribution in [3.05, 3.63) is 42.0 Å². The van der Waals surface area contributed by atoms with Crippen LogP contribution < -0.4 is 0 Å². The van der Waals surface area contributed by atoms with Crippen molar-refractivity contribution < 1.29 is 0 Å². The molecule has 0 unspecified atom stereocenters. The van der Waals surface area contributed by atoms with E-state index in [1.807, 2.05) is 12.3 Å². The molecule has 0 saturated carbocycles. The van der Waals surface area contributed by atoms with Gasteiger partial charge < -0.3 is 0 Å². The van der Waals surface area contributed by atoms with E-state index in [9.17, 15) is 0 Å². The minimum atomic E-state index is 0.458. The Morgan fingerprint density at radius 1 is 1.27 bits per heavy atom. The molecule has 0 fully saturated rings. The van der Waals surface area contributed by atoms with Crippen LogP contribution in [0.5, 0.6) is 0 Å². The first kappa shape index (κ1) is 10.1. The summed E-state index contributed by atoms with van der Waals surface area (Å²) in [6.45, 7) is 4.30. The van der Waals surface area contributed by atoms with Crippen LogP contribution in [0.4, 0.5) is 0 Å². The third-order valence-electron chi connectivity index (χ3n) is 2.52. The van der Waals surface area contributed by atoms with Gasteiger partial charge in [0.2, 0.25) is 0 Å². The first-order chi connectivity index (χ1) is 7.27. The predicted molar refractivity (Wildman–Crippen MR) is 62.5 cm³/mol. The maximum Gasteiger partial charge on any atom is 0.159 e. The zero-order valence-corrected chi connectivity index (χ0v) is 9.27. The number of aromatic nitrogens is 2. The number of rotatable bonds is 2. The van der Waals surface area contributed by atoms with Crippen LogP contribution in [0.2, 0.25) is 0 Å². The molecule has 1 aliphatic rings. The molecule has 1 heterocycles. The lowest BCUT2D eigenvalue weighted by Crippen LogP contribution is -1.99. The van der Waals surface area contributed by atoms with Crippen LogP contribution in [0.25, 0.3) is 5.57 Å². The second-order valence-electron chi connectivity index (χ2n) is 4.10. The fourth-order valence-electron chi connectivity index (χ4n) is 1.61. The van der Waals surface area contributed by atoms with Gasteiger partial charge in [-0.3, -0.25) is 0 Å². The van der Waals surface area contributed by atoms with Gasteiger partial charge in [-0.2, -0.15) is 0 Å². The summed E-state index contributed by atoms with van der Waals surface area (Å²) in [5.74, 6) is 1.32. The molecule has 2 nitrogen and oxygen atoms in total. The Kier molecular flexibility index (Phi) is 2.95. The van der Waals surface area contributed by atoms with Gasteiger partial charge in [-0.05, 0) is 24.8 Å². The molecule has 0 N–H and O–H groups in total. The molecule has 0 spiro atoms. The van der Waals surface area contributed by atoms with Crippen molar-refractivity contribution in [3.63, 3.8) is 0 Å². The van der Waals surface area contributed by atoms with Crippen molar-refractivity contribution >= 4 is 5.57 Å². The molecule has 78 valence electrons. The van der Waals surface area contributed by atoms with E-state index in [2.05, 4.69) is 42.0 Å². The standard InChI is InChI=1S/C13H16N2/c1-10(2)12-8-9-14-13(15-12)11-6-4-3-5-7-11/h4,6-10H,3,5H2,1-2H3. The summed E-state index contributed by atoms with van der Waals surface area (Å²) >= 11 is 0. The molecule has 0 atom stereocenters. The number of hydrogen-bond acceptors (Lipinski definition) is 2. The van der Waals surface area contributed by atoms with E-state index in [1.54, 1.807) is 0 Å². The predicted octanol–water partition coefficient (Wildman–Crippen LogP) is 3.33. The summed E-state index contributed by atoms with van der Waals surface area (Å²) in [7, 11) is 0. The third kappa shape index (κ3) is 2.32. The van der Waals surface area contributed by atoms with Gasteiger partial charge in [0.05, 0.1) is 0 Å². The van der Waals surface area contributed by atoms with Crippen LogP contribution in [0.1, 0.15) is 44.1 Å². The normalized spacial score (nSPS) is 15.5. The summed E-state index contributed by atoms with van der Waals surface area (Å²) in [5.41, 5.74) is 2.27. The van der Waals surface area contributed by atoms with Gasteiger partial charge in [0.15, 0.2) is 5.82 Å². The van der Waals surface area contributed by atoms with Gasteiger partial charge in [-0.1, -0.05) is 32.1 Å². The molecule has 2 rings (SSSR count). The van der Waals surface area contributed by atoms with Crippen LogP contribution >= 0.6 is 0 Å². The monoisotopic (exact) mass is 200 g/mol. The molecular formula is C13H16N2. The summed E-state index contributed by atoms with van der Waals surface area (Å²) < 4.78 is 0. The van der Waals surface area contributed by atoms with Crippen molar-refractivity contribution in [2.75, 3.05) is 0 Å². The first-order valence-corrected chi connectivity index (χ1v) is 5.47. The summed E-state index contributed by atoms with van der Waals surface area (Å²) in [5, 5.41) is 0. The molecule has 0 saturated heterocycles. The van der Waals surface area contributed by atoms with E-state index < -0.39 is 0 Å². The number of allylic oxidation sites excluding steroid dienone is 4. The van der Waals surface area contributed by atoms with E-state index >= 15 is 0 Å². The summed E-state index contributed by atoms with van der Waals surface area (Å²) in [6.07, 6.45) is 10.6. The fraction of sp³-hybridized carbons (Fsp3) is 0.385. The van der Waals surface area contributed by atoms with Gasteiger partial charge in [0, 0.05) is 17.5 Å². The largest absolute Gasteiger partial charge is 0.237 e. The third-order valence-corrected chi connectivity index (χ3v) is 2.52. The van der Waals surface area contributed by atoms with Crippen molar-refractivity contribution in [3.8, 4) is 0 Å². The molecule has 1 aromatic heterocycles. The molecule has 0 radical (unpaired) electrons. The average Bonchev–Trinajstić information content (AvgIpc) is 2.30. The highest BCUT2D eigenvalue weighted by Gasteiger charge is 2.07. The quantitative estimate of drug-likeness (QED) is 0.731.